The predicted octanol–water partition coefficient (Wildman–Crippen LogP) is 5.62. The minimum absolute atomic E-state index is 0.0769. The van der Waals surface area contributed by atoms with Gasteiger partial charge in [-0.3, -0.25) is 14.2 Å². The Bertz CT molecular complexity index is 1740. The summed E-state index contributed by atoms with van der Waals surface area (Å²) < 4.78 is 1.82. The number of hydrogen-bond acceptors (Lipinski definition) is 6. The zero-order valence-electron chi connectivity index (χ0n) is 18.5. The van der Waals surface area contributed by atoms with Crippen LogP contribution in [0.1, 0.15) is 10.4 Å². The van der Waals surface area contributed by atoms with Crippen molar-refractivity contribution in [2.75, 3.05) is 0 Å². The summed E-state index contributed by atoms with van der Waals surface area (Å²) in [7, 11) is 0. The monoisotopic (exact) mass is 474 g/mol. The maximum absolute atomic E-state index is 13.4. The Hall–Kier alpha value is -4.49. The first-order valence-electron chi connectivity index (χ1n) is 11.1. The van der Waals surface area contributed by atoms with Gasteiger partial charge >= 0.3 is 0 Å². The average molecular weight is 475 g/mol. The summed E-state index contributed by atoms with van der Waals surface area (Å²) >= 11 is 1.26. The lowest BCUT2D eigenvalue weighted by molar-refractivity contribution is 0.0970. The molecule has 0 aliphatic carbocycles. The summed E-state index contributed by atoms with van der Waals surface area (Å²) in [6.45, 7) is -0.0769. The first-order chi connectivity index (χ1) is 17.2. The van der Waals surface area contributed by atoms with E-state index in [4.69, 9.17) is 0 Å². The Morgan fingerprint density at radius 2 is 1.43 bits per heavy atom. The third-order valence-corrected chi connectivity index (χ3v) is 6.94. The van der Waals surface area contributed by atoms with Crippen LogP contribution in [-0.2, 0) is 6.54 Å². The van der Waals surface area contributed by atoms with Gasteiger partial charge in [0.05, 0.1) is 18.4 Å². The maximum atomic E-state index is 13.4. The largest absolute Gasteiger partial charge is 0.292 e. The molecular formula is C28H18N4O2S. The quantitative estimate of drug-likeness (QED) is 0.303. The number of Topliss-reactive ketones (excluding diaryl/α,β-unsaturated/α-hetero) is 1. The average Bonchev–Trinajstić information content (AvgIpc) is 3.31. The summed E-state index contributed by atoms with van der Waals surface area (Å²) in [6.07, 6.45) is 1.45. The molecule has 0 radical (unpaired) electrons. The van der Waals surface area contributed by atoms with E-state index in [0.717, 1.165) is 27.8 Å². The molecule has 0 saturated carbocycles. The molecule has 6 rings (SSSR count). The van der Waals surface area contributed by atoms with Gasteiger partial charge in [-0.05, 0) is 5.56 Å². The molecule has 168 valence electrons. The van der Waals surface area contributed by atoms with Crippen LogP contribution in [0.15, 0.2) is 102 Å². The molecule has 35 heavy (non-hydrogen) atoms. The van der Waals surface area contributed by atoms with Crippen molar-refractivity contribution in [3.05, 3.63) is 113 Å². The van der Waals surface area contributed by atoms with E-state index in [1.54, 1.807) is 24.3 Å². The van der Waals surface area contributed by atoms with Crippen LogP contribution in [0.25, 0.3) is 42.8 Å². The van der Waals surface area contributed by atoms with Crippen molar-refractivity contribution in [2.45, 2.75) is 6.54 Å². The van der Waals surface area contributed by atoms with Gasteiger partial charge in [-0.1, -0.05) is 91.0 Å². The van der Waals surface area contributed by atoms with Gasteiger partial charge < -0.3 is 0 Å². The van der Waals surface area contributed by atoms with Crippen LogP contribution in [0.4, 0.5) is 0 Å². The van der Waals surface area contributed by atoms with Crippen molar-refractivity contribution in [1.29, 1.82) is 0 Å². The first-order valence-corrected chi connectivity index (χ1v) is 11.9. The van der Waals surface area contributed by atoms with Crippen LogP contribution in [0.3, 0.4) is 0 Å². The number of aromatic nitrogens is 4. The van der Waals surface area contributed by atoms with E-state index in [2.05, 4.69) is 15.2 Å². The number of hydrogen-bond donors (Lipinski definition) is 0. The van der Waals surface area contributed by atoms with Gasteiger partial charge in [-0.2, -0.15) is 0 Å². The number of carbonyl (C=O) groups excluding carboxylic acids is 1. The molecule has 0 unspecified atom stereocenters. The molecule has 0 aliphatic rings. The van der Waals surface area contributed by atoms with Gasteiger partial charge in [0.25, 0.3) is 5.56 Å². The highest BCUT2D eigenvalue weighted by Gasteiger charge is 2.22. The van der Waals surface area contributed by atoms with E-state index in [-0.39, 0.29) is 17.9 Å². The highest BCUT2D eigenvalue weighted by Crippen LogP contribution is 2.41. The number of carbonyl (C=O) groups is 1. The van der Waals surface area contributed by atoms with Gasteiger partial charge in [0.1, 0.15) is 15.2 Å². The van der Waals surface area contributed by atoms with E-state index in [1.807, 2.05) is 66.7 Å². The van der Waals surface area contributed by atoms with E-state index in [0.29, 0.717) is 20.6 Å². The van der Waals surface area contributed by atoms with E-state index < -0.39 is 0 Å². The third-order valence-electron chi connectivity index (χ3n) is 5.89. The van der Waals surface area contributed by atoms with Crippen molar-refractivity contribution in [3.63, 3.8) is 0 Å². The summed E-state index contributed by atoms with van der Waals surface area (Å²) in [5.41, 5.74) is 4.39. The van der Waals surface area contributed by atoms with Crippen molar-refractivity contribution < 1.29 is 4.79 Å². The van der Waals surface area contributed by atoms with E-state index in [9.17, 15) is 9.59 Å². The SMILES string of the molecule is O=C(Cn1cnc2c(sc3nnc(-c4ccccc4)c(-c4ccccc4)c32)c1=O)c1ccccc1. The summed E-state index contributed by atoms with van der Waals surface area (Å²) in [5.74, 6) is -0.147. The number of ketones is 1. The lowest BCUT2D eigenvalue weighted by Crippen LogP contribution is -2.24. The first kappa shape index (κ1) is 21.1. The zero-order valence-corrected chi connectivity index (χ0v) is 19.3. The number of benzene rings is 3. The van der Waals surface area contributed by atoms with Crippen molar-refractivity contribution in [3.8, 4) is 22.4 Å². The second-order valence-corrected chi connectivity index (χ2v) is 9.08. The fourth-order valence-corrected chi connectivity index (χ4v) is 5.25. The van der Waals surface area contributed by atoms with Crippen molar-refractivity contribution in [1.82, 2.24) is 19.7 Å². The lowest BCUT2D eigenvalue weighted by Gasteiger charge is -2.10. The molecule has 6 nitrogen and oxygen atoms in total. The molecule has 7 heteroatoms. The molecule has 0 aliphatic heterocycles. The van der Waals surface area contributed by atoms with Gasteiger partial charge in [-0.25, -0.2) is 4.98 Å². The molecule has 0 atom stereocenters. The minimum Gasteiger partial charge on any atom is -0.292 e. The third kappa shape index (κ3) is 3.72. The molecule has 3 heterocycles. The minimum atomic E-state index is -0.262. The van der Waals surface area contributed by atoms with Crippen LogP contribution >= 0.6 is 11.3 Å². The Balaban J connectivity index is 1.57. The van der Waals surface area contributed by atoms with Crippen molar-refractivity contribution in [2.24, 2.45) is 0 Å². The molecule has 0 spiro atoms. The maximum Gasteiger partial charge on any atom is 0.271 e. The van der Waals surface area contributed by atoms with Crippen LogP contribution in [0.5, 0.6) is 0 Å². The smallest absolute Gasteiger partial charge is 0.271 e. The molecule has 0 bridgehead atoms. The Labute approximate surface area is 204 Å². The summed E-state index contributed by atoms with van der Waals surface area (Å²) in [6, 6.07) is 28.8. The molecule has 0 fully saturated rings. The normalized spacial score (nSPS) is 11.2. The Kier molecular flexibility index (Phi) is 5.24. The molecule has 3 aromatic carbocycles. The second-order valence-electron chi connectivity index (χ2n) is 8.08. The van der Waals surface area contributed by atoms with Gasteiger partial charge in [0, 0.05) is 22.1 Å². The number of thiophene rings is 1. The Morgan fingerprint density at radius 1 is 0.800 bits per heavy atom. The van der Waals surface area contributed by atoms with E-state index >= 15 is 0 Å². The highest BCUT2D eigenvalue weighted by atomic mass is 32.1. The molecule has 3 aromatic heterocycles. The summed E-state index contributed by atoms with van der Waals surface area (Å²) in [4.78, 5) is 31.4. The van der Waals surface area contributed by atoms with Crippen LogP contribution in [0, 0.1) is 0 Å². The number of nitrogens with zero attached hydrogens (tertiary/aromatic N) is 4. The molecule has 6 aromatic rings. The predicted molar refractivity (Wildman–Crippen MR) is 139 cm³/mol. The van der Waals surface area contributed by atoms with Crippen molar-refractivity contribution >= 4 is 37.6 Å². The van der Waals surface area contributed by atoms with E-state index in [1.165, 1.54) is 22.2 Å². The molecule has 0 amide bonds. The number of rotatable bonds is 5. The molecule has 0 N–H and O–H groups in total. The lowest BCUT2D eigenvalue weighted by atomic mass is 9.97. The van der Waals surface area contributed by atoms with Crippen LogP contribution < -0.4 is 5.56 Å². The highest BCUT2D eigenvalue weighted by molar-refractivity contribution is 7.25. The van der Waals surface area contributed by atoms with Gasteiger partial charge in [0.15, 0.2) is 5.78 Å². The standard InChI is InChI=1S/C28H18N4O2S/c33-21(18-10-4-1-5-11-18)16-32-17-29-25-23-22(19-12-6-2-7-13-19)24(20-14-8-3-9-15-20)30-31-27(23)35-26(25)28(32)34/h1-15,17H,16H2. The van der Waals surface area contributed by atoms with Gasteiger partial charge in [-0.15, -0.1) is 21.5 Å². The second kappa shape index (κ2) is 8.70. The fraction of sp³-hybridized carbons (Fsp3) is 0.0357. The van der Waals surface area contributed by atoms with Gasteiger partial charge in [0.2, 0.25) is 0 Å². The van der Waals surface area contributed by atoms with Crippen LogP contribution in [0.2, 0.25) is 0 Å². The zero-order chi connectivity index (χ0) is 23.8. The molecular weight excluding hydrogens is 456 g/mol. The number of fused-ring (bicyclic) bond motifs is 3. The summed E-state index contributed by atoms with van der Waals surface area (Å²) in [5, 5.41) is 9.83. The Morgan fingerprint density at radius 3 is 2.11 bits per heavy atom. The topological polar surface area (TPSA) is 77.7 Å². The van der Waals surface area contributed by atoms with Crippen LogP contribution in [-0.4, -0.2) is 25.5 Å². The molecule has 0 saturated heterocycles. The fourth-order valence-electron chi connectivity index (χ4n) is 4.22.